The Morgan fingerprint density at radius 1 is 1.38 bits per heavy atom. The standard InChI is InChI=1S/C13H17NO2/c1-4-12(15)14-13(16-5-2)11-8-6-7-10(3)9-11/h6-9H,4-5H2,1-3H3. The molecule has 1 rings (SSSR count). The van der Waals surface area contributed by atoms with Gasteiger partial charge in [0.2, 0.25) is 11.8 Å². The molecule has 1 aromatic carbocycles. The molecule has 0 N–H and O–H groups in total. The van der Waals surface area contributed by atoms with Crippen LogP contribution in [-0.2, 0) is 9.53 Å². The van der Waals surface area contributed by atoms with E-state index in [-0.39, 0.29) is 5.91 Å². The molecule has 0 fully saturated rings. The Morgan fingerprint density at radius 2 is 2.12 bits per heavy atom. The lowest BCUT2D eigenvalue weighted by atomic mass is 10.1. The van der Waals surface area contributed by atoms with Gasteiger partial charge in [0.15, 0.2) is 0 Å². The number of rotatable bonds is 3. The zero-order valence-electron chi connectivity index (χ0n) is 9.99. The van der Waals surface area contributed by atoms with Crippen LogP contribution in [0.1, 0.15) is 31.4 Å². The second-order valence-corrected chi connectivity index (χ2v) is 3.47. The summed E-state index contributed by atoms with van der Waals surface area (Å²) in [5.41, 5.74) is 1.97. The number of aryl methyl sites for hydroxylation is 1. The molecule has 0 spiro atoms. The van der Waals surface area contributed by atoms with Crippen LogP contribution in [0.2, 0.25) is 0 Å². The quantitative estimate of drug-likeness (QED) is 0.579. The highest BCUT2D eigenvalue weighted by Gasteiger charge is 2.06. The number of carbonyl (C=O) groups is 1. The lowest BCUT2D eigenvalue weighted by Gasteiger charge is -2.07. The van der Waals surface area contributed by atoms with E-state index in [2.05, 4.69) is 4.99 Å². The fourth-order valence-electron chi connectivity index (χ4n) is 1.29. The summed E-state index contributed by atoms with van der Waals surface area (Å²) in [6.45, 7) is 6.16. The molecule has 0 bridgehead atoms. The van der Waals surface area contributed by atoms with E-state index >= 15 is 0 Å². The number of hydrogen-bond donors (Lipinski definition) is 0. The molecule has 0 aliphatic carbocycles. The lowest BCUT2D eigenvalue weighted by Crippen LogP contribution is -2.09. The molecular formula is C13H17NO2. The van der Waals surface area contributed by atoms with Gasteiger partial charge in [-0.2, -0.15) is 4.99 Å². The SMILES string of the molecule is CCOC(=NC(=O)CC)c1cccc(C)c1. The zero-order valence-corrected chi connectivity index (χ0v) is 9.99. The molecule has 1 amide bonds. The van der Waals surface area contributed by atoms with Gasteiger partial charge in [-0.1, -0.05) is 24.6 Å². The van der Waals surface area contributed by atoms with Gasteiger partial charge in [-0.15, -0.1) is 0 Å². The first-order valence-electron chi connectivity index (χ1n) is 5.48. The molecule has 0 atom stereocenters. The predicted molar refractivity (Wildman–Crippen MR) is 64.6 cm³/mol. The van der Waals surface area contributed by atoms with Gasteiger partial charge in [0.25, 0.3) is 0 Å². The van der Waals surface area contributed by atoms with E-state index < -0.39 is 0 Å². The topological polar surface area (TPSA) is 38.7 Å². The maximum absolute atomic E-state index is 11.3. The highest BCUT2D eigenvalue weighted by Crippen LogP contribution is 2.07. The van der Waals surface area contributed by atoms with Gasteiger partial charge in [0.1, 0.15) is 0 Å². The van der Waals surface area contributed by atoms with E-state index in [1.165, 1.54) is 0 Å². The Bertz CT molecular complexity index is 397. The average Bonchev–Trinajstić information content (AvgIpc) is 2.28. The molecule has 0 heterocycles. The third-order valence-corrected chi connectivity index (χ3v) is 2.07. The van der Waals surface area contributed by atoms with Crippen LogP contribution in [0.5, 0.6) is 0 Å². The van der Waals surface area contributed by atoms with Crippen molar-refractivity contribution in [2.45, 2.75) is 27.2 Å². The molecule has 0 aromatic heterocycles. The molecule has 16 heavy (non-hydrogen) atoms. The number of aliphatic imine (C=N–C) groups is 1. The van der Waals surface area contributed by atoms with Gasteiger partial charge in [0, 0.05) is 12.0 Å². The van der Waals surface area contributed by atoms with Crippen LogP contribution < -0.4 is 0 Å². The highest BCUT2D eigenvalue weighted by molar-refractivity contribution is 6.01. The normalized spacial score (nSPS) is 11.3. The number of nitrogens with zero attached hydrogens (tertiary/aromatic N) is 1. The van der Waals surface area contributed by atoms with Crippen LogP contribution in [0.15, 0.2) is 29.3 Å². The monoisotopic (exact) mass is 219 g/mol. The maximum Gasteiger partial charge on any atom is 0.248 e. The molecule has 0 unspecified atom stereocenters. The summed E-state index contributed by atoms with van der Waals surface area (Å²) < 4.78 is 5.38. The second kappa shape index (κ2) is 6.05. The largest absolute Gasteiger partial charge is 0.477 e. The van der Waals surface area contributed by atoms with Crippen molar-refractivity contribution in [1.82, 2.24) is 0 Å². The predicted octanol–water partition coefficient (Wildman–Crippen LogP) is 2.71. The summed E-state index contributed by atoms with van der Waals surface area (Å²) in [6.07, 6.45) is 0.391. The van der Waals surface area contributed by atoms with Crippen LogP contribution in [-0.4, -0.2) is 18.4 Å². The third kappa shape index (κ3) is 3.50. The number of ether oxygens (including phenoxy) is 1. The van der Waals surface area contributed by atoms with Crippen molar-refractivity contribution < 1.29 is 9.53 Å². The number of amides is 1. The first-order valence-corrected chi connectivity index (χ1v) is 5.48. The summed E-state index contributed by atoms with van der Waals surface area (Å²) >= 11 is 0. The summed E-state index contributed by atoms with van der Waals surface area (Å²) in [7, 11) is 0. The fraction of sp³-hybridized carbons (Fsp3) is 0.385. The number of carbonyl (C=O) groups excluding carboxylic acids is 1. The summed E-state index contributed by atoms with van der Waals surface area (Å²) in [6, 6.07) is 7.77. The van der Waals surface area contributed by atoms with Crippen LogP contribution in [0.25, 0.3) is 0 Å². The Balaban J connectivity index is 3.02. The number of hydrogen-bond acceptors (Lipinski definition) is 2. The molecule has 0 aliphatic heterocycles. The van der Waals surface area contributed by atoms with Gasteiger partial charge in [-0.25, -0.2) is 0 Å². The Labute approximate surface area is 96.2 Å². The van der Waals surface area contributed by atoms with Crippen LogP contribution in [0.4, 0.5) is 0 Å². The van der Waals surface area contributed by atoms with E-state index in [0.29, 0.717) is 18.9 Å². The minimum atomic E-state index is -0.162. The van der Waals surface area contributed by atoms with Crippen LogP contribution in [0, 0.1) is 6.92 Å². The van der Waals surface area contributed by atoms with E-state index in [1.54, 1.807) is 6.92 Å². The van der Waals surface area contributed by atoms with Gasteiger partial charge in [0.05, 0.1) is 6.61 Å². The van der Waals surface area contributed by atoms with E-state index in [4.69, 9.17) is 4.74 Å². The van der Waals surface area contributed by atoms with Crippen molar-refractivity contribution in [3.05, 3.63) is 35.4 Å². The van der Waals surface area contributed by atoms with Crippen molar-refractivity contribution >= 4 is 11.8 Å². The van der Waals surface area contributed by atoms with Crippen molar-refractivity contribution in [2.75, 3.05) is 6.61 Å². The Kier molecular flexibility index (Phi) is 4.70. The van der Waals surface area contributed by atoms with Crippen molar-refractivity contribution in [2.24, 2.45) is 4.99 Å². The minimum absolute atomic E-state index is 0.162. The zero-order chi connectivity index (χ0) is 12.0. The fourth-order valence-corrected chi connectivity index (χ4v) is 1.29. The molecule has 0 saturated carbocycles. The molecule has 3 heteroatoms. The van der Waals surface area contributed by atoms with Crippen LogP contribution in [0.3, 0.4) is 0 Å². The van der Waals surface area contributed by atoms with E-state index in [0.717, 1.165) is 11.1 Å². The highest BCUT2D eigenvalue weighted by atomic mass is 16.5. The second-order valence-electron chi connectivity index (χ2n) is 3.47. The number of benzene rings is 1. The first-order chi connectivity index (χ1) is 7.67. The van der Waals surface area contributed by atoms with Crippen molar-refractivity contribution in [3.63, 3.8) is 0 Å². The smallest absolute Gasteiger partial charge is 0.248 e. The summed E-state index contributed by atoms with van der Waals surface area (Å²) in [4.78, 5) is 15.2. The summed E-state index contributed by atoms with van der Waals surface area (Å²) in [5, 5.41) is 0. The molecular weight excluding hydrogens is 202 g/mol. The molecule has 1 aromatic rings. The van der Waals surface area contributed by atoms with E-state index in [1.807, 2.05) is 38.1 Å². The Hall–Kier alpha value is -1.64. The van der Waals surface area contributed by atoms with Gasteiger partial charge in [-0.3, -0.25) is 4.79 Å². The average molecular weight is 219 g/mol. The van der Waals surface area contributed by atoms with Gasteiger partial charge >= 0.3 is 0 Å². The first kappa shape index (κ1) is 12.4. The molecule has 0 radical (unpaired) electrons. The Morgan fingerprint density at radius 3 is 2.69 bits per heavy atom. The molecule has 3 nitrogen and oxygen atoms in total. The molecule has 0 aliphatic rings. The van der Waals surface area contributed by atoms with Gasteiger partial charge in [-0.05, 0) is 26.0 Å². The van der Waals surface area contributed by atoms with Crippen molar-refractivity contribution in [3.8, 4) is 0 Å². The minimum Gasteiger partial charge on any atom is -0.477 e. The molecule has 0 saturated heterocycles. The van der Waals surface area contributed by atoms with E-state index in [9.17, 15) is 4.79 Å². The van der Waals surface area contributed by atoms with Gasteiger partial charge < -0.3 is 4.74 Å². The third-order valence-electron chi connectivity index (χ3n) is 2.07. The van der Waals surface area contributed by atoms with Crippen molar-refractivity contribution in [1.29, 1.82) is 0 Å². The van der Waals surface area contributed by atoms with Crippen LogP contribution >= 0.6 is 0 Å². The molecule has 86 valence electrons. The lowest BCUT2D eigenvalue weighted by molar-refractivity contribution is -0.117. The summed E-state index contributed by atoms with van der Waals surface area (Å²) in [5.74, 6) is 0.253. The maximum atomic E-state index is 11.3.